The molecule has 0 bridgehead atoms. The molecule has 0 unspecified atom stereocenters. The second-order valence-corrected chi connectivity index (χ2v) is 4.28. The molecule has 2 N–H and O–H groups in total. The SMILES string of the molecule is CCOC(=O)CCCCN(C)c1ccc(N)cc1. The monoisotopic (exact) mass is 250 g/mol. The van der Waals surface area contributed by atoms with E-state index in [1.165, 1.54) is 0 Å². The van der Waals surface area contributed by atoms with Crippen LogP contribution in [0.4, 0.5) is 11.4 Å². The maximum Gasteiger partial charge on any atom is 0.305 e. The number of benzene rings is 1. The van der Waals surface area contributed by atoms with Crippen LogP contribution in [-0.4, -0.2) is 26.2 Å². The molecule has 0 amide bonds. The highest BCUT2D eigenvalue weighted by Crippen LogP contribution is 2.15. The van der Waals surface area contributed by atoms with Crippen LogP contribution in [0, 0.1) is 0 Å². The van der Waals surface area contributed by atoms with E-state index in [1.807, 2.05) is 38.2 Å². The number of esters is 1. The summed E-state index contributed by atoms with van der Waals surface area (Å²) in [5.41, 5.74) is 7.55. The number of anilines is 2. The predicted molar refractivity (Wildman–Crippen MR) is 74.6 cm³/mol. The summed E-state index contributed by atoms with van der Waals surface area (Å²) < 4.78 is 4.88. The van der Waals surface area contributed by atoms with Gasteiger partial charge in [0.2, 0.25) is 0 Å². The van der Waals surface area contributed by atoms with Crippen LogP contribution in [0.3, 0.4) is 0 Å². The van der Waals surface area contributed by atoms with Crippen molar-refractivity contribution in [2.75, 3.05) is 30.8 Å². The van der Waals surface area contributed by atoms with Crippen molar-refractivity contribution < 1.29 is 9.53 Å². The number of hydrogen-bond donors (Lipinski definition) is 1. The number of ether oxygens (including phenoxy) is 1. The summed E-state index contributed by atoms with van der Waals surface area (Å²) in [5, 5.41) is 0. The van der Waals surface area contributed by atoms with Crippen molar-refractivity contribution in [3.8, 4) is 0 Å². The summed E-state index contributed by atoms with van der Waals surface area (Å²) in [6.07, 6.45) is 2.33. The van der Waals surface area contributed by atoms with Crippen LogP contribution >= 0.6 is 0 Å². The lowest BCUT2D eigenvalue weighted by Gasteiger charge is -2.19. The summed E-state index contributed by atoms with van der Waals surface area (Å²) in [4.78, 5) is 13.3. The van der Waals surface area contributed by atoms with Crippen LogP contribution in [0.5, 0.6) is 0 Å². The molecule has 0 aliphatic heterocycles. The van der Waals surface area contributed by atoms with Crippen molar-refractivity contribution in [2.45, 2.75) is 26.2 Å². The number of nitrogens with two attached hydrogens (primary N) is 1. The Morgan fingerprint density at radius 1 is 1.28 bits per heavy atom. The molecule has 1 aromatic carbocycles. The number of carbonyl (C=O) groups is 1. The summed E-state index contributed by atoms with van der Waals surface area (Å²) in [6.45, 7) is 3.21. The highest BCUT2D eigenvalue weighted by Gasteiger charge is 2.03. The van der Waals surface area contributed by atoms with Gasteiger partial charge in [0, 0.05) is 31.4 Å². The maximum absolute atomic E-state index is 11.1. The first kappa shape index (κ1) is 14.4. The molecule has 0 aliphatic carbocycles. The molecule has 0 saturated carbocycles. The Morgan fingerprint density at radius 3 is 2.56 bits per heavy atom. The number of carbonyl (C=O) groups excluding carboxylic acids is 1. The van der Waals surface area contributed by atoms with Crippen LogP contribution in [-0.2, 0) is 9.53 Å². The summed E-state index contributed by atoms with van der Waals surface area (Å²) in [5.74, 6) is -0.104. The normalized spacial score (nSPS) is 10.1. The maximum atomic E-state index is 11.1. The molecule has 0 saturated heterocycles. The van der Waals surface area contributed by atoms with Crippen LogP contribution < -0.4 is 10.6 Å². The Bertz CT molecular complexity index is 363. The van der Waals surface area contributed by atoms with E-state index in [9.17, 15) is 4.79 Å². The molecule has 0 spiro atoms. The Balaban J connectivity index is 2.23. The topological polar surface area (TPSA) is 55.6 Å². The largest absolute Gasteiger partial charge is 0.466 e. The molecule has 1 aromatic rings. The third kappa shape index (κ3) is 5.08. The molecule has 4 heteroatoms. The lowest BCUT2D eigenvalue weighted by molar-refractivity contribution is -0.143. The molecular weight excluding hydrogens is 228 g/mol. The zero-order chi connectivity index (χ0) is 13.4. The van der Waals surface area contributed by atoms with E-state index in [0.29, 0.717) is 13.0 Å². The predicted octanol–water partition coefficient (Wildman–Crippen LogP) is 2.44. The van der Waals surface area contributed by atoms with Crippen LogP contribution in [0.2, 0.25) is 0 Å². The lowest BCUT2D eigenvalue weighted by Crippen LogP contribution is -2.18. The molecule has 0 atom stereocenters. The molecule has 0 aromatic heterocycles. The van der Waals surface area contributed by atoms with E-state index in [1.54, 1.807) is 0 Å². The van der Waals surface area contributed by atoms with Gasteiger partial charge in [0.25, 0.3) is 0 Å². The van der Waals surface area contributed by atoms with Gasteiger partial charge in [0.1, 0.15) is 0 Å². The minimum absolute atomic E-state index is 0.104. The van der Waals surface area contributed by atoms with Crippen molar-refractivity contribution in [1.29, 1.82) is 0 Å². The molecule has 4 nitrogen and oxygen atoms in total. The van der Waals surface area contributed by atoms with Crippen molar-refractivity contribution in [2.24, 2.45) is 0 Å². The number of nitrogens with zero attached hydrogens (tertiary/aromatic N) is 1. The first-order valence-electron chi connectivity index (χ1n) is 6.35. The summed E-state index contributed by atoms with van der Waals surface area (Å²) in [6, 6.07) is 7.79. The second-order valence-electron chi connectivity index (χ2n) is 4.28. The number of unbranched alkanes of at least 4 members (excludes halogenated alkanes) is 1. The third-order valence-corrected chi connectivity index (χ3v) is 2.76. The van der Waals surface area contributed by atoms with Gasteiger partial charge in [-0.05, 0) is 44.0 Å². The fourth-order valence-electron chi connectivity index (χ4n) is 1.71. The first-order chi connectivity index (χ1) is 8.63. The van der Waals surface area contributed by atoms with Gasteiger partial charge < -0.3 is 15.4 Å². The number of hydrogen-bond acceptors (Lipinski definition) is 4. The Morgan fingerprint density at radius 2 is 1.94 bits per heavy atom. The van der Waals surface area contributed by atoms with Crippen molar-refractivity contribution in [3.05, 3.63) is 24.3 Å². The molecule has 100 valence electrons. The minimum atomic E-state index is -0.104. The average molecular weight is 250 g/mol. The van der Waals surface area contributed by atoms with E-state index in [2.05, 4.69) is 4.90 Å². The number of rotatable bonds is 7. The standard InChI is InChI=1S/C14H22N2O2/c1-3-18-14(17)6-4-5-11-16(2)13-9-7-12(15)8-10-13/h7-10H,3-6,11,15H2,1-2H3. The van der Waals surface area contributed by atoms with Gasteiger partial charge in [0.05, 0.1) is 6.61 Å². The molecular formula is C14H22N2O2. The molecule has 0 radical (unpaired) electrons. The second kappa shape index (κ2) is 7.58. The third-order valence-electron chi connectivity index (χ3n) is 2.76. The highest BCUT2D eigenvalue weighted by atomic mass is 16.5. The minimum Gasteiger partial charge on any atom is -0.466 e. The summed E-state index contributed by atoms with van der Waals surface area (Å²) in [7, 11) is 2.04. The van der Waals surface area contributed by atoms with E-state index in [-0.39, 0.29) is 5.97 Å². The lowest BCUT2D eigenvalue weighted by atomic mass is 10.2. The van der Waals surface area contributed by atoms with Crippen LogP contribution in [0.15, 0.2) is 24.3 Å². The Kier molecular flexibility index (Phi) is 6.05. The van der Waals surface area contributed by atoms with E-state index >= 15 is 0 Å². The summed E-state index contributed by atoms with van der Waals surface area (Å²) >= 11 is 0. The van der Waals surface area contributed by atoms with E-state index in [0.717, 1.165) is 30.8 Å². The van der Waals surface area contributed by atoms with Crippen molar-refractivity contribution >= 4 is 17.3 Å². The molecule has 1 rings (SSSR count). The highest BCUT2D eigenvalue weighted by molar-refractivity contribution is 5.69. The Hall–Kier alpha value is -1.71. The quantitative estimate of drug-likeness (QED) is 0.459. The molecule has 0 aliphatic rings. The van der Waals surface area contributed by atoms with Crippen LogP contribution in [0.25, 0.3) is 0 Å². The van der Waals surface area contributed by atoms with Gasteiger partial charge in [-0.1, -0.05) is 0 Å². The van der Waals surface area contributed by atoms with Gasteiger partial charge in [-0.2, -0.15) is 0 Å². The van der Waals surface area contributed by atoms with Crippen molar-refractivity contribution in [1.82, 2.24) is 0 Å². The Labute approximate surface area is 109 Å². The molecule has 18 heavy (non-hydrogen) atoms. The molecule has 0 fully saturated rings. The first-order valence-corrected chi connectivity index (χ1v) is 6.35. The van der Waals surface area contributed by atoms with E-state index < -0.39 is 0 Å². The zero-order valence-corrected chi connectivity index (χ0v) is 11.2. The van der Waals surface area contributed by atoms with Crippen molar-refractivity contribution in [3.63, 3.8) is 0 Å². The zero-order valence-electron chi connectivity index (χ0n) is 11.2. The van der Waals surface area contributed by atoms with E-state index in [4.69, 9.17) is 10.5 Å². The fraction of sp³-hybridized carbons (Fsp3) is 0.500. The number of nitrogen functional groups attached to an aromatic ring is 1. The van der Waals surface area contributed by atoms with Gasteiger partial charge in [-0.25, -0.2) is 0 Å². The van der Waals surface area contributed by atoms with Gasteiger partial charge in [-0.3, -0.25) is 4.79 Å². The van der Waals surface area contributed by atoms with Gasteiger partial charge >= 0.3 is 5.97 Å². The van der Waals surface area contributed by atoms with Gasteiger partial charge in [0.15, 0.2) is 0 Å². The van der Waals surface area contributed by atoms with Gasteiger partial charge in [-0.15, -0.1) is 0 Å². The molecule has 0 heterocycles. The van der Waals surface area contributed by atoms with Crippen LogP contribution in [0.1, 0.15) is 26.2 Å². The average Bonchev–Trinajstić information content (AvgIpc) is 2.35. The fourth-order valence-corrected chi connectivity index (χ4v) is 1.71. The smallest absolute Gasteiger partial charge is 0.305 e.